The molecule has 0 saturated carbocycles. The van der Waals surface area contributed by atoms with Gasteiger partial charge >= 0.3 is 0 Å². The van der Waals surface area contributed by atoms with Crippen molar-refractivity contribution in [1.82, 2.24) is 4.90 Å². The number of nitro groups is 1. The summed E-state index contributed by atoms with van der Waals surface area (Å²) in [6.07, 6.45) is 0. The fourth-order valence-electron chi connectivity index (χ4n) is 2.37. The van der Waals surface area contributed by atoms with Gasteiger partial charge in [0.05, 0.1) is 14.5 Å². The highest BCUT2D eigenvalue weighted by molar-refractivity contribution is 14.1. The van der Waals surface area contributed by atoms with Gasteiger partial charge in [0, 0.05) is 37.9 Å². The Balaban J connectivity index is 2.26. The van der Waals surface area contributed by atoms with Crippen LogP contribution >= 0.6 is 22.6 Å². The van der Waals surface area contributed by atoms with Crippen molar-refractivity contribution in [3.63, 3.8) is 0 Å². The van der Waals surface area contributed by atoms with Crippen LogP contribution in [0.25, 0.3) is 0 Å². The number of nitrogens with zero attached hydrogens (tertiary/aromatic N) is 3. The number of piperazine rings is 1. The van der Waals surface area contributed by atoms with Crippen LogP contribution in [0.4, 0.5) is 11.4 Å². The molecule has 1 heterocycles. The molecule has 0 aliphatic carbocycles. The highest BCUT2D eigenvalue weighted by Gasteiger charge is 2.25. The van der Waals surface area contributed by atoms with Gasteiger partial charge in [0.15, 0.2) is 0 Å². The highest BCUT2D eigenvalue weighted by atomic mass is 127. The maximum atomic E-state index is 10.8. The van der Waals surface area contributed by atoms with Gasteiger partial charge in [0.1, 0.15) is 0 Å². The number of nitrogens with two attached hydrogens (primary N) is 1. The standard InChI is InChI=1S/C12H17IN4O2/c1-15-4-5-16(10(7-14)8-15)9-2-3-12(17(18)19)11(13)6-9/h2-3,6,10H,4-5,7-8,14H2,1H3. The summed E-state index contributed by atoms with van der Waals surface area (Å²) in [5.41, 5.74) is 7.00. The molecule has 2 N–H and O–H groups in total. The molecule has 0 radical (unpaired) electrons. The molecule has 0 amide bonds. The summed E-state index contributed by atoms with van der Waals surface area (Å²) in [4.78, 5) is 15.0. The first-order chi connectivity index (χ1) is 9.02. The molecule has 104 valence electrons. The quantitative estimate of drug-likeness (QED) is 0.489. The minimum Gasteiger partial charge on any atom is -0.365 e. The molecule has 1 fully saturated rings. The fourth-order valence-corrected chi connectivity index (χ4v) is 3.07. The first-order valence-corrected chi connectivity index (χ1v) is 7.20. The van der Waals surface area contributed by atoms with E-state index in [1.807, 2.05) is 34.7 Å². The summed E-state index contributed by atoms with van der Waals surface area (Å²) in [7, 11) is 2.08. The minimum atomic E-state index is -0.351. The number of anilines is 1. The third-order valence-corrected chi connectivity index (χ3v) is 4.28. The van der Waals surface area contributed by atoms with Crippen molar-refractivity contribution >= 4 is 34.0 Å². The van der Waals surface area contributed by atoms with Gasteiger partial charge in [-0.2, -0.15) is 0 Å². The Labute approximate surface area is 125 Å². The average molecular weight is 376 g/mol. The van der Waals surface area contributed by atoms with Gasteiger partial charge in [-0.3, -0.25) is 10.1 Å². The zero-order valence-electron chi connectivity index (χ0n) is 10.8. The number of halogens is 1. The molecule has 0 aromatic heterocycles. The number of benzene rings is 1. The van der Waals surface area contributed by atoms with Gasteiger partial charge in [-0.25, -0.2) is 0 Å². The van der Waals surface area contributed by atoms with Crippen LogP contribution in [0.3, 0.4) is 0 Å². The van der Waals surface area contributed by atoms with Crippen LogP contribution in [0.1, 0.15) is 0 Å². The van der Waals surface area contributed by atoms with Crippen molar-refractivity contribution in [3.8, 4) is 0 Å². The molecule has 19 heavy (non-hydrogen) atoms. The van der Waals surface area contributed by atoms with Gasteiger partial charge in [0.25, 0.3) is 5.69 Å². The maximum Gasteiger partial charge on any atom is 0.282 e. The van der Waals surface area contributed by atoms with Crippen molar-refractivity contribution in [2.75, 3.05) is 38.1 Å². The van der Waals surface area contributed by atoms with Gasteiger partial charge in [-0.15, -0.1) is 0 Å². The SMILES string of the molecule is CN1CCN(c2ccc([N+](=O)[O-])c(I)c2)C(CN)C1. The molecule has 0 bridgehead atoms. The summed E-state index contributed by atoms with van der Waals surface area (Å²) >= 11 is 2.01. The van der Waals surface area contributed by atoms with Gasteiger partial charge in [0.2, 0.25) is 0 Å². The van der Waals surface area contributed by atoms with Crippen LogP contribution in [-0.4, -0.2) is 49.1 Å². The second-order valence-electron chi connectivity index (χ2n) is 4.74. The highest BCUT2D eigenvalue weighted by Crippen LogP contribution is 2.28. The second-order valence-corrected chi connectivity index (χ2v) is 5.90. The topological polar surface area (TPSA) is 75.6 Å². The molecule has 1 saturated heterocycles. The molecule has 0 spiro atoms. The number of likely N-dealkylation sites (N-methyl/N-ethyl adjacent to an activating group) is 1. The Kier molecular flexibility index (Phi) is 4.58. The largest absolute Gasteiger partial charge is 0.365 e. The molecule has 1 atom stereocenters. The van der Waals surface area contributed by atoms with Crippen molar-refractivity contribution in [2.24, 2.45) is 5.73 Å². The zero-order chi connectivity index (χ0) is 14.0. The third-order valence-electron chi connectivity index (χ3n) is 3.42. The van der Waals surface area contributed by atoms with Gasteiger partial charge < -0.3 is 15.5 Å². The van der Waals surface area contributed by atoms with Crippen LogP contribution in [-0.2, 0) is 0 Å². The summed E-state index contributed by atoms with van der Waals surface area (Å²) in [6.45, 7) is 3.37. The number of hydrogen-bond donors (Lipinski definition) is 1. The van der Waals surface area contributed by atoms with E-state index >= 15 is 0 Å². The van der Waals surface area contributed by atoms with Crippen molar-refractivity contribution in [2.45, 2.75) is 6.04 Å². The molecular formula is C12H17IN4O2. The van der Waals surface area contributed by atoms with Crippen LogP contribution in [0.5, 0.6) is 0 Å². The van der Waals surface area contributed by atoms with Crippen LogP contribution < -0.4 is 10.6 Å². The van der Waals surface area contributed by atoms with Crippen molar-refractivity contribution < 1.29 is 4.92 Å². The zero-order valence-corrected chi connectivity index (χ0v) is 12.9. The smallest absolute Gasteiger partial charge is 0.282 e. The monoisotopic (exact) mass is 376 g/mol. The first-order valence-electron chi connectivity index (χ1n) is 6.12. The molecule has 7 heteroatoms. The summed E-state index contributed by atoms with van der Waals surface area (Å²) in [5.74, 6) is 0. The lowest BCUT2D eigenvalue weighted by Gasteiger charge is -2.41. The first kappa shape index (κ1) is 14.5. The molecule has 1 aliphatic rings. The molecule has 2 rings (SSSR count). The number of nitro benzene ring substituents is 1. The molecule has 1 aliphatic heterocycles. The Morgan fingerprint density at radius 2 is 2.26 bits per heavy atom. The Morgan fingerprint density at radius 3 is 2.84 bits per heavy atom. The van der Waals surface area contributed by atoms with E-state index < -0.39 is 0 Å². The molecule has 1 aromatic carbocycles. The Hall–Kier alpha value is -0.930. The third kappa shape index (κ3) is 3.15. The molecule has 6 nitrogen and oxygen atoms in total. The Morgan fingerprint density at radius 1 is 1.53 bits per heavy atom. The maximum absolute atomic E-state index is 10.8. The van der Waals surface area contributed by atoms with Gasteiger partial charge in [-0.05, 0) is 41.8 Å². The van der Waals surface area contributed by atoms with E-state index in [-0.39, 0.29) is 16.7 Å². The lowest BCUT2D eigenvalue weighted by Crippen LogP contribution is -2.55. The minimum absolute atomic E-state index is 0.155. The second kappa shape index (κ2) is 6.02. The van der Waals surface area contributed by atoms with Gasteiger partial charge in [-0.1, -0.05) is 0 Å². The number of hydrogen-bond acceptors (Lipinski definition) is 5. The number of rotatable bonds is 3. The average Bonchev–Trinajstić information content (AvgIpc) is 2.37. The fraction of sp³-hybridized carbons (Fsp3) is 0.500. The summed E-state index contributed by atoms with van der Waals surface area (Å²) in [5, 5.41) is 10.8. The van der Waals surface area contributed by atoms with Crippen LogP contribution in [0.2, 0.25) is 0 Å². The Bertz CT molecular complexity index is 483. The summed E-state index contributed by atoms with van der Waals surface area (Å²) in [6, 6.07) is 5.51. The predicted octanol–water partition coefficient (Wildman–Crippen LogP) is 1.28. The van der Waals surface area contributed by atoms with Crippen molar-refractivity contribution in [3.05, 3.63) is 31.9 Å². The lowest BCUT2D eigenvalue weighted by atomic mass is 10.1. The van der Waals surface area contributed by atoms with E-state index in [9.17, 15) is 10.1 Å². The molecule has 1 aromatic rings. The van der Waals surface area contributed by atoms with E-state index in [0.717, 1.165) is 25.3 Å². The predicted molar refractivity (Wildman–Crippen MR) is 83.5 cm³/mol. The summed E-state index contributed by atoms with van der Waals surface area (Å²) < 4.78 is 0.662. The van der Waals surface area contributed by atoms with E-state index in [0.29, 0.717) is 10.1 Å². The van der Waals surface area contributed by atoms with E-state index in [1.54, 1.807) is 6.07 Å². The molecular weight excluding hydrogens is 359 g/mol. The lowest BCUT2D eigenvalue weighted by molar-refractivity contribution is -0.385. The van der Waals surface area contributed by atoms with Crippen LogP contribution in [0, 0.1) is 13.7 Å². The van der Waals surface area contributed by atoms with E-state index in [2.05, 4.69) is 16.8 Å². The van der Waals surface area contributed by atoms with Crippen molar-refractivity contribution in [1.29, 1.82) is 0 Å². The normalized spacial score (nSPS) is 20.6. The van der Waals surface area contributed by atoms with E-state index in [4.69, 9.17) is 5.73 Å². The van der Waals surface area contributed by atoms with Crippen LogP contribution in [0.15, 0.2) is 18.2 Å². The molecule has 1 unspecified atom stereocenters. The van der Waals surface area contributed by atoms with E-state index in [1.165, 1.54) is 0 Å².